The molecule has 0 bridgehead atoms. The van der Waals surface area contributed by atoms with Gasteiger partial charge in [0.15, 0.2) is 11.6 Å². The molecule has 0 atom stereocenters. The van der Waals surface area contributed by atoms with Crippen molar-refractivity contribution in [3.63, 3.8) is 0 Å². The first-order valence-corrected chi connectivity index (χ1v) is 13.4. The van der Waals surface area contributed by atoms with E-state index in [0.29, 0.717) is 33.7 Å². The van der Waals surface area contributed by atoms with Crippen LogP contribution in [0.3, 0.4) is 0 Å². The molecule has 2 aromatic carbocycles. The molecule has 35 heavy (non-hydrogen) atoms. The largest absolute Gasteiger partial charge is 0.489 e. The summed E-state index contributed by atoms with van der Waals surface area (Å²) in [5.74, 6) is 1.51. The predicted molar refractivity (Wildman–Crippen MR) is 137 cm³/mol. The first-order chi connectivity index (χ1) is 16.4. The molecule has 0 amide bonds. The summed E-state index contributed by atoms with van der Waals surface area (Å²) in [7, 11) is -1.70. The average molecular weight is 537 g/mol. The van der Waals surface area contributed by atoms with Gasteiger partial charge in [0.25, 0.3) is 0 Å². The molecule has 0 saturated carbocycles. The van der Waals surface area contributed by atoms with Crippen LogP contribution in [0.2, 0.25) is 5.02 Å². The summed E-state index contributed by atoms with van der Waals surface area (Å²) in [5, 5.41) is 14.1. The van der Waals surface area contributed by atoms with Crippen LogP contribution in [0.25, 0.3) is 0 Å². The van der Waals surface area contributed by atoms with Crippen molar-refractivity contribution in [3.05, 3.63) is 69.9 Å². The molecule has 0 fully saturated rings. The van der Waals surface area contributed by atoms with Gasteiger partial charge in [0.2, 0.25) is 10.0 Å². The molecule has 0 aliphatic heterocycles. The van der Waals surface area contributed by atoms with Crippen LogP contribution in [0.5, 0.6) is 11.5 Å². The number of alkyl halides is 1. The Bertz CT molecular complexity index is 1350. The molecule has 1 aromatic heterocycles. The second-order valence-electron chi connectivity index (χ2n) is 8.44. The highest BCUT2D eigenvalue weighted by molar-refractivity contribution is 7.92. The Kier molecular flexibility index (Phi) is 8.21. The summed E-state index contributed by atoms with van der Waals surface area (Å²) in [4.78, 5) is 0. The Morgan fingerprint density at radius 3 is 2.43 bits per heavy atom. The first kappa shape index (κ1) is 26.7. The lowest BCUT2D eigenvalue weighted by Crippen LogP contribution is -2.19. The zero-order chi connectivity index (χ0) is 25.8. The maximum atomic E-state index is 11.4. The second-order valence-corrected chi connectivity index (χ2v) is 11.0. The van der Waals surface area contributed by atoms with E-state index in [9.17, 15) is 13.7 Å². The van der Waals surface area contributed by atoms with Gasteiger partial charge in [-0.3, -0.25) is 9.40 Å². The Hall–Kier alpha value is -2.93. The lowest BCUT2D eigenvalue weighted by atomic mass is 9.77. The van der Waals surface area contributed by atoms with E-state index >= 15 is 0 Å². The van der Waals surface area contributed by atoms with Gasteiger partial charge in [0.1, 0.15) is 25.0 Å². The van der Waals surface area contributed by atoms with Crippen molar-refractivity contribution >= 4 is 39.0 Å². The SMILES string of the molecule is Cn1nc(NS(C)(=O)=O)cc1COc1ccc(C(C)(C)c2cc(Cl)c(OCCCl)c(C#N)c2)cc1. The molecule has 3 aromatic rings. The van der Waals surface area contributed by atoms with Gasteiger partial charge < -0.3 is 9.47 Å². The van der Waals surface area contributed by atoms with Crippen LogP contribution in [0.15, 0.2) is 42.5 Å². The summed E-state index contributed by atoms with van der Waals surface area (Å²) >= 11 is 12.1. The van der Waals surface area contributed by atoms with Gasteiger partial charge in [-0.25, -0.2) is 8.42 Å². The van der Waals surface area contributed by atoms with E-state index in [1.54, 1.807) is 29.9 Å². The van der Waals surface area contributed by atoms with Crippen molar-refractivity contribution in [1.82, 2.24) is 9.78 Å². The smallest absolute Gasteiger partial charge is 0.231 e. The summed E-state index contributed by atoms with van der Waals surface area (Å²) in [6, 6.07) is 15.0. The number of halogens is 2. The molecule has 11 heteroatoms. The van der Waals surface area contributed by atoms with Crippen LogP contribution >= 0.6 is 23.2 Å². The summed E-state index contributed by atoms with van der Waals surface area (Å²) in [6.45, 7) is 4.55. The van der Waals surface area contributed by atoms with Gasteiger partial charge in [-0.2, -0.15) is 10.4 Å². The van der Waals surface area contributed by atoms with Crippen LogP contribution in [-0.2, 0) is 29.1 Å². The number of ether oxygens (including phenoxy) is 2. The summed E-state index contributed by atoms with van der Waals surface area (Å²) in [5.41, 5.74) is 2.47. The third-order valence-electron chi connectivity index (χ3n) is 5.44. The number of nitrogens with one attached hydrogen (secondary N) is 1. The van der Waals surface area contributed by atoms with Crippen molar-refractivity contribution in [2.45, 2.75) is 25.9 Å². The van der Waals surface area contributed by atoms with Gasteiger partial charge >= 0.3 is 0 Å². The molecular weight excluding hydrogens is 511 g/mol. The van der Waals surface area contributed by atoms with E-state index in [1.807, 2.05) is 38.1 Å². The number of benzene rings is 2. The second kappa shape index (κ2) is 10.8. The van der Waals surface area contributed by atoms with E-state index in [1.165, 1.54) is 0 Å². The zero-order valence-electron chi connectivity index (χ0n) is 19.8. The van der Waals surface area contributed by atoms with Crippen molar-refractivity contribution in [3.8, 4) is 17.6 Å². The van der Waals surface area contributed by atoms with Crippen LogP contribution < -0.4 is 14.2 Å². The number of rotatable bonds is 10. The summed E-state index contributed by atoms with van der Waals surface area (Å²) < 4.78 is 38.1. The highest BCUT2D eigenvalue weighted by Gasteiger charge is 2.26. The van der Waals surface area contributed by atoms with E-state index in [0.717, 1.165) is 17.4 Å². The molecule has 0 spiro atoms. The Balaban J connectivity index is 1.76. The number of nitrogens with zero attached hydrogens (tertiary/aromatic N) is 3. The van der Waals surface area contributed by atoms with E-state index in [2.05, 4.69) is 15.9 Å². The molecule has 0 aliphatic carbocycles. The van der Waals surface area contributed by atoms with Crippen molar-refractivity contribution in [1.29, 1.82) is 5.26 Å². The van der Waals surface area contributed by atoms with E-state index in [4.69, 9.17) is 32.7 Å². The highest BCUT2D eigenvalue weighted by Crippen LogP contribution is 2.38. The third kappa shape index (κ3) is 6.60. The normalized spacial score (nSPS) is 11.7. The number of aryl methyl sites for hydroxylation is 1. The number of sulfonamides is 1. The number of anilines is 1. The molecule has 0 saturated heterocycles. The molecular formula is C24H26Cl2N4O4S. The first-order valence-electron chi connectivity index (χ1n) is 10.6. The lowest BCUT2D eigenvalue weighted by molar-refractivity contribution is 0.294. The fourth-order valence-corrected chi connectivity index (χ4v) is 4.33. The van der Waals surface area contributed by atoms with Gasteiger partial charge in [-0.05, 0) is 35.4 Å². The number of nitriles is 1. The molecule has 1 heterocycles. The van der Waals surface area contributed by atoms with Gasteiger partial charge in [-0.15, -0.1) is 11.6 Å². The van der Waals surface area contributed by atoms with Crippen molar-refractivity contribution < 1.29 is 17.9 Å². The van der Waals surface area contributed by atoms with Crippen LogP contribution in [0, 0.1) is 11.3 Å². The standard InChI is InChI=1S/C24H26Cl2N4O4S/c1-24(2,18-11-16(14-27)23(21(26)12-18)33-10-9-25)17-5-7-20(8-6-17)34-15-19-13-22(28-30(19)3)29-35(4,31)32/h5-8,11-13H,9-10,15H2,1-4H3,(H,28,29). The highest BCUT2D eigenvalue weighted by atomic mass is 35.5. The molecule has 3 rings (SSSR count). The van der Waals surface area contributed by atoms with Gasteiger partial charge in [0.05, 0.1) is 28.4 Å². The minimum absolute atomic E-state index is 0.211. The topological polar surface area (TPSA) is 106 Å². The fraction of sp³-hybridized carbons (Fsp3) is 0.333. The molecule has 1 N–H and O–H groups in total. The zero-order valence-corrected chi connectivity index (χ0v) is 22.1. The number of aromatic nitrogens is 2. The molecule has 186 valence electrons. The molecule has 0 aliphatic rings. The third-order valence-corrected chi connectivity index (χ3v) is 6.45. The predicted octanol–water partition coefficient (Wildman–Crippen LogP) is 4.84. The quantitative estimate of drug-likeness (QED) is 0.371. The Morgan fingerprint density at radius 2 is 1.83 bits per heavy atom. The van der Waals surface area contributed by atoms with Crippen molar-refractivity contribution in [2.24, 2.45) is 7.05 Å². The van der Waals surface area contributed by atoms with E-state index < -0.39 is 15.4 Å². The Morgan fingerprint density at radius 1 is 1.14 bits per heavy atom. The van der Waals surface area contributed by atoms with Gasteiger partial charge in [0, 0.05) is 18.5 Å². The van der Waals surface area contributed by atoms with Crippen molar-refractivity contribution in [2.75, 3.05) is 23.5 Å². The average Bonchev–Trinajstić information content (AvgIpc) is 3.13. The maximum absolute atomic E-state index is 11.4. The van der Waals surface area contributed by atoms with E-state index in [-0.39, 0.29) is 19.0 Å². The minimum Gasteiger partial charge on any atom is -0.489 e. The number of hydrogen-bond acceptors (Lipinski definition) is 6. The number of hydrogen-bond donors (Lipinski definition) is 1. The Labute approximate surface area is 215 Å². The van der Waals surface area contributed by atoms with Gasteiger partial charge in [-0.1, -0.05) is 37.6 Å². The maximum Gasteiger partial charge on any atom is 0.231 e. The summed E-state index contributed by atoms with van der Waals surface area (Å²) in [6.07, 6.45) is 1.07. The molecule has 0 unspecified atom stereocenters. The lowest BCUT2D eigenvalue weighted by Gasteiger charge is -2.27. The fourth-order valence-electron chi connectivity index (χ4n) is 3.50. The van der Waals surface area contributed by atoms with Crippen LogP contribution in [-0.4, -0.2) is 36.9 Å². The minimum atomic E-state index is -3.41. The molecule has 8 nitrogen and oxygen atoms in total. The monoisotopic (exact) mass is 536 g/mol. The van der Waals surface area contributed by atoms with Crippen LogP contribution in [0.1, 0.15) is 36.2 Å². The van der Waals surface area contributed by atoms with Crippen LogP contribution in [0.4, 0.5) is 5.82 Å². The molecule has 0 radical (unpaired) electrons.